The number of nitrogens with one attached hydrogen (secondary N) is 1. The summed E-state index contributed by atoms with van der Waals surface area (Å²) in [6.07, 6.45) is 2.73. The van der Waals surface area contributed by atoms with Crippen LogP contribution in [0.1, 0.15) is 24.0 Å². The highest BCUT2D eigenvalue weighted by Crippen LogP contribution is 2.14. The van der Waals surface area contributed by atoms with Crippen LogP contribution in [0.4, 0.5) is 0 Å². The van der Waals surface area contributed by atoms with Crippen LogP contribution in [0.25, 0.3) is 0 Å². The van der Waals surface area contributed by atoms with Gasteiger partial charge in [-0.3, -0.25) is 0 Å². The Morgan fingerprint density at radius 2 is 2.29 bits per heavy atom. The molecule has 0 spiro atoms. The Balaban J connectivity index is 1.72. The van der Waals surface area contributed by atoms with Crippen LogP contribution in [0.3, 0.4) is 0 Å². The summed E-state index contributed by atoms with van der Waals surface area (Å²) in [4.78, 5) is 2.45. The molecule has 0 saturated carbocycles. The Hall–Kier alpha value is -0.860. The second-order valence-electron chi connectivity index (χ2n) is 5.39. The van der Waals surface area contributed by atoms with Gasteiger partial charge in [0.2, 0.25) is 0 Å². The Morgan fingerprint density at radius 3 is 3.06 bits per heavy atom. The van der Waals surface area contributed by atoms with Gasteiger partial charge in [0.15, 0.2) is 0 Å². The molecule has 2 rings (SSSR count). The van der Waals surface area contributed by atoms with E-state index in [4.69, 9.17) is 0 Å². The van der Waals surface area contributed by atoms with Gasteiger partial charge in [-0.2, -0.15) is 0 Å². The van der Waals surface area contributed by atoms with Crippen molar-refractivity contribution < 1.29 is 0 Å². The molecule has 1 fully saturated rings. The third-order valence-corrected chi connectivity index (χ3v) is 3.57. The van der Waals surface area contributed by atoms with Crippen molar-refractivity contribution in [1.29, 1.82) is 0 Å². The molecule has 1 heterocycles. The average molecular weight is 232 g/mol. The number of likely N-dealkylation sites (tertiary alicyclic amines) is 1. The Bertz CT molecular complexity index is 349. The molecule has 1 aliphatic heterocycles. The molecule has 0 aromatic heterocycles. The largest absolute Gasteiger partial charge is 0.312 e. The number of aryl methyl sites for hydroxylation is 1. The predicted octanol–water partition coefficient (Wildman–Crippen LogP) is 2.43. The zero-order chi connectivity index (χ0) is 12.1. The van der Waals surface area contributed by atoms with Gasteiger partial charge in [0.05, 0.1) is 0 Å². The summed E-state index contributed by atoms with van der Waals surface area (Å²) < 4.78 is 0. The van der Waals surface area contributed by atoms with Gasteiger partial charge in [-0.1, -0.05) is 29.8 Å². The van der Waals surface area contributed by atoms with Crippen molar-refractivity contribution in [2.75, 3.05) is 26.7 Å². The molecular weight excluding hydrogens is 208 g/mol. The van der Waals surface area contributed by atoms with Crippen molar-refractivity contribution in [2.24, 2.45) is 5.92 Å². The lowest BCUT2D eigenvalue weighted by Gasteiger charge is -2.29. The normalized spacial score (nSPS) is 21.6. The minimum absolute atomic E-state index is 0.832. The molecule has 0 aliphatic carbocycles. The summed E-state index contributed by atoms with van der Waals surface area (Å²) in [7, 11) is 2.23. The number of benzene rings is 1. The molecule has 1 atom stereocenters. The zero-order valence-corrected chi connectivity index (χ0v) is 11.1. The van der Waals surface area contributed by atoms with Crippen LogP contribution in [0.15, 0.2) is 24.3 Å². The highest BCUT2D eigenvalue weighted by atomic mass is 15.1. The maximum atomic E-state index is 3.59. The highest BCUT2D eigenvalue weighted by Gasteiger charge is 2.16. The molecule has 1 saturated heterocycles. The van der Waals surface area contributed by atoms with Gasteiger partial charge in [0, 0.05) is 13.1 Å². The smallest absolute Gasteiger partial charge is 0.0205 e. The maximum Gasteiger partial charge on any atom is 0.0205 e. The fourth-order valence-corrected chi connectivity index (χ4v) is 2.68. The average Bonchev–Trinajstić information content (AvgIpc) is 2.29. The lowest BCUT2D eigenvalue weighted by atomic mass is 9.98. The van der Waals surface area contributed by atoms with Crippen LogP contribution >= 0.6 is 0 Å². The molecule has 1 N–H and O–H groups in total. The molecule has 94 valence electrons. The number of hydrogen-bond acceptors (Lipinski definition) is 2. The van der Waals surface area contributed by atoms with Gasteiger partial charge in [-0.15, -0.1) is 0 Å². The fourth-order valence-electron chi connectivity index (χ4n) is 2.68. The van der Waals surface area contributed by atoms with E-state index in [1.807, 2.05) is 0 Å². The van der Waals surface area contributed by atoms with Crippen LogP contribution in [-0.4, -0.2) is 31.6 Å². The first kappa shape index (κ1) is 12.6. The molecule has 1 unspecified atom stereocenters. The molecule has 2 heteroatoms. The Kier molecular flexibility index (Phi) is 4.57. The van der Waals surface area contributed by atoms with Gasteiger partial charge < -0.3 is 10.2 Å². The van der Waals surface area contributed by atoms with E-state index in [2.05, 4.69) is 48.5 Å². The van der Waals surface area contributed by atoms with E-state index < -0.39 is 0 Å². The first-order chi connectivity index (χ1) is 8.24. The summed E-state index contributed by atoms with van der Waals surface area (Å²) in [5.74, 6) is 0.832. The van der Waals surface area contributed by atoms with Gasteiger partial charge in [0.1, 0.15) is 0 Å². The monoisotopic (exact) mass is 232 g/mol. The topological polar surface area (TPSA) is 15.3 Å². The van der Waals surface area contributed by atoms with Gasteiger partial charge in [-0.05, 0) is 51.4 Å². The first-order valence-corrected chi connectivity index (χ1v) is 6.69. The molecule has 2 nitrogen and oxygen atoms in total. The van der Waals surface area contributed by atoms with Crippen LogP contribution in [0.2, 0.25) is 0 Å². The van der Waals surface area contributed by atoms with E-state index in [-0.39, 0.29) is 0 Å². The van der Waals surface area contributed by atoms with Gasteiger partial charge in [0.25, 0.3) is 0 Å². The van der Waals surface area contributed by atoms with Crippen molar-refractivity contribution in [1.82, 2.24) is 10.2 Å². The standard InChI is InChI=1S/C15H24N2/c1-13-5-3-6-14(9-13)10-16-11-15-7-4-8-17(2)12-15/h3,5-6,9,15-16H,4,7-8,10-12H2,1-2H3. The quantitative estimate of drug-likeness (QED) is 0.857. The molecular formula is C15H24N2. The van der Waals surface area contributed by atoms with Crippen molar-refractivity contribution in [3.63, 3.8) is 0 Å². The first-order valence-electron chi connectivity index (χ1n) is 6.69. The zero-order valence-electron chi connectivity index (χ0n) is 11.1. The van der Waals surface area contributed by atoms with Gasteiger partial charge >= 0.3 is 0 Å². The Labute approximate surface area is 105 Å². The Morgan fingerprint density at radius 1 is 1.41 bits per heavy atom. The second-order valence-corrected chi connectivity index (χ2v) is 5.39. The van der Waals surface area contributed by atoms with Gasteiger partial charge in [-0.25, -0.2) is 0 Å². The molecule has 1 aromatic carbocycles. The lowest BCUT2D eigenvalue weighted by Crippen LogP contribution is -2.37. The van der Waals surface area contributed by atoms with E-state index in [1.54, 1.807) is 0 Å². The van der Waals surface area contributed by atoms with E-state index in [0.717, 1.165) is 19.0 Å². The van der Waals surface area contributed by atoms with Crippen molar-refractivity contribution in [3.8, 4) is 0 Å². The third kappa shape index (κ3) is 4.14. The van der Waals surface area contributed by atoms with E-state index in [1.165, 1.54) is 37.1 Å². The highest BCUT2D eigenvalue weighted by molar-refractivity contribution is 5.21. The summed E-state index contributed by atoms with van der Waals surface area (Å²) in [6, 6.07) is 8.76. The summed E-state index contributed by atoms with van der Waals surface area (Å²) in [6.45, 7) is 6.83. The minimum atomic E-state index is 0.832. The van der Waals surface area contributed by atoms with Crippen molar-refractivity contribution >= 4 is 0 Å². The van der Waals surface area contributed by atoms with Crippen LogP contribution in [-0.2, 0) is 6.54 Å². The van der Waals surface area contributed by atoms with Crippen LogP contribution < -0.4 is 5.32 Å². The molecule has 0 radical (unpaired) electrons. The molecule has 0 amide bonds. The predicted molar refractivity (Wildman–Crippen MR) is 73.1 cm³/mol. The SMILES string of the molecule is Cc1cccc(CNCC2CCCN(C)C2)c1. The van der Waals surface area contributed by atoms with E-state index >= 15 is 0 Å². The minimum Gasteiger partial charge on any atom is -0.312 e. The molecule has 1 aliphatic rings. The van der Waals surface area contributed by atoms with Crippen LogP contribution in [0.5, 0.6) is 0 Å². The lowest BCUT2D eigenvalue weighted by molar-refractivity contribution is 0.206. The van der Waals surface area contributed by atoms with E-state index in [9.17, 15) is 0 Å². The summed E-state index contributed by atoms with van der Waals surface area (Å²) in [5, 5.41) is 3.59. The molecule has 0 bridgehead atoms. The molecule has 17 heavy (non-hydrogen) atoms. The molecule has 1 aromatic rings. The summed E-state index contributed by atoms with van der Waals surface area (Å²) in [5.41, 5.74) is 2.75. The third-order valence-electron chi connectivity index (χ3n) is 3.57. The van der Waals surface area contributed by atoms with E-state index in [0.29, 0.717) is 0 Å². The number of nitrogens with zero attached hydrogens (tertiary/aromatic N) is 1. The second kappa shape index (κ2) is 6.18. The van der Waals surface area contributed by atoms with Crippen molar-refractivity contribution in [3.05, 3.63) is 35.4 Å². The fraction of sp³-hybridized carbons (Fsp3) is 0.600. The summed E-state index contributed by atoms with van der Waals surface area (Å²) >= 11 is 0. The number of rotatable bonds is 4. The van der Waals surface area contributed by atoms with Crippen molar-refractivity contribution in [2.45, 2.75) is 26.3 Å². The number of piperidine rings is 1. The maximum absolute atomic E-state index is 3.59. The number of hydrogen-bond donors (Lipinski definition) is 1. The van der Waals surface area contributed by atoms with Crippen LogP contribution in [0, 0.1) is 12.8 Å².